The topological polar surface area (TPSA) is 67.4 Å². The Morgan fingerprint density at radius 3 is 2.58 bits per heavy atom. The normalized spacial score (nSPS) is 11.5. The summed E-state index contributed by atoms with van der Waals surface area (Å²) in [4.78, 5) is 24.3. The summed E-state index contributed by atoms with van der Waals surface area (Å²) in [6.07, 6.45) is 0. The average molecular weight is 375 g/mol. The first-order chi connectivity index (χ1) is 12.4. The van der Waals surface area contributed by atoms with Crippen molar-refractivity contribution in [1.82, 2.24) is 10.6 Å². The number of benzene rings is 2. The molecule has 0 fully saturated rings. The van der Waals surface area contributed by atoms with Gasteiger partial charge in [-0.2, -0.15) is 0 Å². The Bertz CT molecular complexity index is 792. The smallest absolute Gasteiger partial charge is 0.253 e. The molecule has 2 amide bonds. The van der Waals surface area contributed by atoms with E-state index in [0.717, 1.165) is 11.3 Å². The van der Waals surface area contributed by atoms with Crippen LogP contribution in [-0.4, -0.2) is 31.0 Å². The Hall–Kier alpha value is -2.53. The maximum Gasteiger partial charge on any atom is 0.253 e. The van der Waals surface area contributed by atoms with Crippen LogP contribution >= 0.6 is 11.6 Å². The van der Waals surface area contributed by atoms with Gasteiger partial charge < -0.3 is 15.4 Å². The van der Waals surface area contributed by atoms with Crippen molar-refractivity contribution in [3.8, 4) is 5.75 Å². The molecule has 0 saturated heterocycles. The molecule has 2 aromatic carbocycles. The lowest BCUT2D eigenvalue weighted by atomic mass is 10.1. The second kappa shape index (κ2) is 9.25. The number of hydrogen-bond acceptors (Lipinski definition) is 3. The molecule has 0 heterocycles. The van der Waals surface area contributed by atoms with E-state index in [0.29, 0.717) is 23.7 Å². The number of amides is 2. The maximum absolute atomic E-state index is 12.2. The lowest BCUT2D eigenvalue weighted by molar-refractivity contribution is -0.122. The molecule has 138 valence electrons. The summed E-state index contributed by atoms with van der Waals surface area (Å²) in [5.74, 6) is 0.129. The quantitative estimate of drug-likeness (QED) is 0.731. The summed E-state index contributed by atoms with van der Waals surface area (Å²) < 4.78 is 5.67. The first-order valence-electron chi connectivity index (χ1n) is 8.41. The zero-order valence-corrected chi connectivity index (χ0v) is 15.9. The van der Waals surface area contributed by atoms with Crippen LogP contribution in [0, 0.1) is 13.8 Å². The van der Waals surface area contributed by atoms with E-state index < -0.39 is 6.04 Å². The van der Waals surface area contributed by atoms with Crippen LogP contribution in [0.5, 0.6) is 5.75 Å². The van der Waals surface area contributed by atoms with E-state index in [-0.39, 0.29) is 11.8 Å². The molecule has 2 aromatic rings. The predicted molar refractivity (Wildman–Crippen MR) is 103 cm³/mol. The van der Waals surface area contributed by atoms with Crippen molar-refractivity contribution in [3.05, 3.63) is 64.2 Å². The Kier molecular flexibility index (Phi) is 7.04. The number of ether oxygens (including phenoxy) is 1. The molecule has 0 bridgehead atoms. The zero-order chi connectivity index (χ0) is 19.1. The van der Waals surface area contributed by atoms with Gasteiger partial charge in [0.2, 0.25) is 5.91 Å². The van der Waals surface area contributed by atoms with Crippen LogP contribution in [0.1, 0.15) is 28.4 Å². The van der Waals surface area contributed by atoms with Gasteiger partial charge in [-0.05, 0) is 44.5 Å². The fraction of sp³-hybridized carbons (Fsp3) is 0.300. The van der Waals surface area contributed by atoms with E-state index in [1.165, 1.54) is 5.56 Å². The van der Waals surface area contributed by atoms with Crippen LogP contribution in [0.25, 0.3) is 0 Å². The molecule has 0 aromatic heterocycles. The molecule has 0 spiro atoms. The van der Waals surface area contributed by atoms with Crippen LogP contribution in [0.3, 0.4) is 0 Å². The van der Waals surface area contributed by atoms with Crippen molar-refractivity contribution in [3.63, 3.8) is 0 Å². The fourth-order valence-electron chi connectivity index (χ4n) is 2.43. The maximum atomic E-state index is 12.2. The molecule has 2 rings (SSSR count). The minimum Gasteiger partial charge on any atom is -0.491 e. The Labute approximate surface area is 158 Å². The minimum atomic E-state index is -0.681. The third-order valence-corrected chi connectivity index (χ3v) is 4.18. The van der Waals surface area contributed by atoms with E-state index in [9.17, 15) is 9.59 Å². The van der Waals surface area contributed by atoms with Gasteiger partial charge in [-0.3, -0.25) is 9.59 Å². The lowest BCUT2D eigenvalue weighted by Crippen LogP contribution is -2.45. The van der Waals surface area contributed by atoms with Gasteiger partial charge in [0.1, 0.15) is 18.4 Å². The number of halogens is 1. The summed E-state index contributed by atoms with van der Waals surface area (Å²) in [7, 11) is 0. The van der Waals surface area contributed by atoms with Crippen molar-refractivity contribution in [2.45, 2.75) is 26.8 Å². The Morgan fingerprint density at radius 2 is 1.88 bits per heavy atom. The van der Waals surface area contributed by atoms with Crippen LogP contribution in [-0.2, 0) is 4.79 Å². The van der Waals surface area contributed by atoms with Crippen LogP contribution in [0.4, 0.5) is 0 Å². The molecule has 26 heavy (non-hydrogen) atoms. The second-order valence-electron chi connectivity index (χ2n) is 6.08. The van der Waals surface area contributed by atoms with E-state index >= 15 is 0 Å². The zero-order valence-electron chi connectivity index (χ0n) is 15.1. The average Bonchev–Trinajstić information content (AvgIpc) is 2.60. The van der Waals surface area contributed by atoms with Gasteiger partial charge in [-0.15, -0.1) is 0 Å². The van der Waals surface area contributed by atoms with Crippen LogP contribution in [0.2, 0.25) is 5.02 Å². The van der Waals surface area contributed by atoms with Gasteiger partial charge in [0.25, 0.3) is 5.91 Å². The third-order valence-electron chi connectivity index (χ3n) is 3.85. The van der Waals surface area contributed by atoms with E-state index in [1.807, 2.05) is 32.0 Å². The SMILES string of the molecule is Cc1ccc(OCCNC(=O)[C@H](C)NC(=O)c2ccccc2Cl)c(C)c1. The lowest BCUT2D eigenvalue weighted by Gasteiger charge is -2.15. The monoisotopic (exact) mass is 374 g/mol. The second-order valence-corrected chi connectivity index (χ2v) is 6.49. The Morgan fingerprint density at radius 1 is 1.15 bits per heavy atom. The van der Waals surface area contributed by atoms with Crippen LogP contribution in [0.15, 0.2) is 42.5 Å². The molecular formula is C20H23ClN2O3. The van der Waals surface area contributed by atoms with Gasteiger partial charge >= 0.3 is 0 Å². The molecule has 2 N–H and O–H groups in total. The van der Waals surface area contributed by atoms with E-state index in [2.05, 4.69) is 10.6 Å². The largest absolute Gasteiger partial charge is 0.491 e. The fourth-order valence-corrected chi connectivity index (χ4v) is 2.66. The van der Waals surface area contributed by atoms with Crippen molar-refractivity contribution in [1.29, 1.82) is 0 Å². The van der Waals surface area contributed by atoms with Gasteiger partial charge in [-0.1, -0.05) is 41.4 Å². The summed E-state index contributed by atoms with van der Waals surface area (Å²) in [5, 5.41) is 5.72. The van der Waals surface area contributed by atoms with Crippen LogP contribution < -0.4 is 15.4 Å². The highest BCUT2D eigenvalue weighted by molar-refractivity contribution is 6.33. The highest BCUT2D eigenvalue weighted by Gasteiger charge is 2.17. The molecule has 1 atom stereocenters. The molecule has 0 saturated carbocycles. The number of aryl methyl sites for hydroxylation is 2. The molecule has 5 nitrogen and oxygen atoms in total. The van der Waals surface area contributed by atoms with Gasteiger partial charge in [0.15, 0.2) is 0 Å². The van der Waals surface area contributed by atoms with Gasteiger partial charge in [0.05, 0.1) is 17.1 Å². The number of carbonyl (C=O) groups is 2. The van der Waals surface area contributed by atoms with Gasteiger partial charge in [-0.25, -0.2) is 0 Å². The van der Waals surface area contributed by atoms with E-state index in [4.69, 9.17) is 16.3 Å². The van der Waals surface area contributed by atoms with Crippen molar-refractivity contribution in [2.75, 3.05) is 13.2 Å². The predicted octanol–water partition coefficient (Wildman–Crippen LogP) is 3.27. The molecule has 0 aliphatic carbocycles. The summed E-state index contributed by atoms with van der Waals surface area (Å²) in [6.45, 7) is 6.32. The molecule has 0 radical (unpaired) electrons. The number of nitrogens with one attached hydrogen (secondary N) is 2. The third kappa shape index (κ3) is 5.49. The minimum absolute atomic E-state index is 0.283. The summed E-state index contributed by atoms with van der Waals surface area (Å²) in [6, 6.07) is 12.0. The molecule has 6 heteroatoms. The molecule has 0 aliphatic heterocycles. The van der Waals surface area contributed by atoms with E-state index in [1.54, 1.807) is 31.2 Å². The number of rotatable bonds is 7. The highest BCUT2D eigenvalue weighted by atomic mass is 35.5. The summed E-state index contributed by atoms with van der Waals surface area (Å²) in [5.41, 5.74) is 2.56. The molecule has 0 aliphatic rings. The first-order valence-corrected chi connectivity index (χ1v) is 8.79. The molecular weight excluding hydrogens is 352 g/mol. The Balaban J connectivity index is 1.77. The van der Waals surface area contributed by atoms with Gasteiger partial charge in [0, 0.05) is 0 Å². The summed E-state index contributed by atoms with van der Waals surface area (Å²) >= 11 is 5.99. The number of carbonyl (C=O) groups excluding carboxylic acids is 2. The highest BCUT2D eigenvalue weighted by Crippen LogP contribution is 2.18. The van der Waals surface area contributed by atoms with Crippen molar-refractivity contribution < 1.29 is 14.3 Å². The van der Waals surface area contributed by atoms with Crippen molar-refractivity contribution >= 4 is 23.4 Å². The van der Waals surface area contributed by atoms with Crippen molar-refractivity contribution in [2.24, 2.45) is 0 Å². The standard InChI is InChI=1S/C20H23ClN2O3/c1-13-8-9-18(14(2)12-13)26-11-10-22-19(24)15(3)23-20(25)16-6-4-5-7-17(16)21/h4-9,12,15H,10-11H2,1-3H3,(H,22,24)(H,23,25)/t15-/m0/s1. The molecule has 0 unspecified atom stereocenters. The first kappa shape index (κ1) is 19.8. The number of hydrogen-bond donors (Lipinski definition) is 2.